The average Bonchev–Trinajstić information content (AvgIpc) is 2.89. The summed E-state index contributed by atoms with van der Waals surface area (Å²) in [6.45, 7) is 2.67. The largest absolute Gasteiger partial charge is 0.488 e. The number of hydrogen-bond donors (Lipinski definition) is 0. The highest BCUT2D eigenvalue weighted by Gasteiger charge is 2.24. The van der Waals surface area contributed by atoms with Crippen molar-refractivity contribution >= 4 is 5.91 Å². The number of likely N-dealkylation sites (N-methyl/N-ethyl adjacent to an activating group) is 1. The molecule has 0 spiro atoms. The van der Waals surface area contributed by atoms with Crippen LogP contribution in [0.2, 0.25) is 0 Å². The fourth-order valence-electron chi connectivity index (χ4n) is 2.89. The highest BCUT2D eigenvalue weighted by molar-refractivity contribution is 5.78. The maximum Gasteiger partial charge on any atom is 0.226 e. The molecule has 0 fully saturated rings. The van der Waals surface area contributed by atoms with Crippen molar-refractivity contribution in [1.29, 1.82) is 0 Å². The first-order valence-corrected chi connectivity index (χ1v) is 7.66. The summed E-state index contributed by atoms with van der Waals surface area (Å²) in [4.78, 5) is 14.1. The van der Waals surface area contributed by atoms with Gasteiger partial charge in [-0.1, -0.05) is 48.0 Å². The van der Waals surface area contributed by atoms with Crippen molar-refractivity contribution in [3.05, 3.63) is 65.2 Å². The van der Waals surface area contributed by atoms with Crippen molar-refractivity contribution < 1.29 is 9.53 Å². The van der Waals surface area contributed by atoms with Crippen molar-refractivity contribution in [2.45, 2.75) is 25.9 Å². The number of ether oxygens (including phenoxy) is 1. The Bertz CT molecular complexity index is 656. The van der Waals surface area contributed by atoms with Gasteiger partial charge in [-0.3, -0.25) is 4.79 Å². The second kappa shape index (κ2) is 6.22. The standard InChI is InChI=1S/C19H21NO2/c1-14-6-5-7-15(10-14)11-19(21)20(2)13-17-12-16-8-3-4-9-18(16)22-17/h3-10,17H,11-13H2,1-2H3/t17-/m1/s1. The Morgan fingerprint density at radius 2 is 2.05 bits per heavy atom. The number of para-hydroxylation sites is 1. The van der Waals surface area contributed by atoms with Gasteiger partial charge in [0, 0.05) is 13.5 Å². The average molecular weight is 295 g/mol. The third-order valence-electron chi connectivity index (χ3n) is 4.05. The van der Waals surface area contributed by atoms with Crippen LogP contribution < -0.4 is 4.74 Å². The lowest BCUT2D eigenvalue weighted by Crippen LogP contribution is -2.37. The van der Waals surface area contributed by atoms with E-state index in [4.69, 9.17) is 4.74 Å². The van der Waals surface area contributed by atoms with Crippen molar-refractivity contribution in [1.82, 2.24) is 4.90 Å². The molecule has 0 radical (unpaired) electrons. The Morgan fingerprint density at radius 3 is 2.82 bits per heavy atom. The van der Waals surface area contributed by atoms with E-state index in [1.54, 1.807) is 4.90 Å². The normalized spacial score (nSPS) is 16.0. The summed E-state index contributed by atoms with van der Waals surface area (Å²) in [6, 6.07) is 16.2. The van der Waals surface area contributed by atoms with E-state index in [2.05, 4.69) is 12.1 Å². The number of rotatable bonds is 4. The lowest BCUT2D eigenvalue weighted by molar-refractivity contribution is -0.130. The van der Waals surface area contributed by atoms with Gasteiger partial charge in [-0.05, 0) is 24.1 Å². The first kappa shape index (κ1) is 14.6. The van der Waals surface area contributed by atoms with Gasteiger partial charge in [0.1, 0.15) is 11.9 Å². The molecule has 0 N–H and O–H groups in total. The lowest BCUT2D eigenvalue weighted by Gasteiger charge is -2.21. The van der Waals surface area contributed by atoms with E-state index >= 15 is 0 Å². The fourth-order valence-corrected chi connectivity index (χ4v) is 2.89. The molecule has 0 aliphatic carbocycles. The van der Waals surface area contributed by atoms with Gasteiger partial charge in [-0.2, -0.15) is 0 Å². The minimum atomic E-state index is 0.0591. The quantitative estimate of drug-likeness (QED) is 0.868. The zero-order chi connectivity index (χ0) is 15.5. The number of fused-ring (bicyclic) bond motifs is 1. The van der Waals surface area contributed by atoms with Crippen molar-refractivity contribution in [2.75, 3.05) is 13.6 Å². The smallest absolute Gasteiger partial charge is 0.226 e. The Balaban J connectivity index is 1.56. The number of carbonyl (C=O) groups excluding carboxylic acids is 1. The summed E-state index contributed by atoms with van der Waals surface area (Å²) in [5.41, 5.74) is 3.47. The van der Waals surface area contributed by atoms with Gasteiger partial charge in [-0.15, -0.1) is 0 Å². The van der Waals surface area contributed by atoms with E-state index in [9.17, 15) is 4.79 Å². The van der Waals surface area contributed by atoms with Gasteiger partial charge in [0.2, 0.25) is 5.91 Å². The second-order valence-corrected chi connectivity index (χ2v) is 5.99. The summed E-state index contributed by atoms with van der Waals surface area (Å²) in [6.07, 6.45) is 1.37. The van der Waals surface area contributed by atoms with Crippen molar-refractivity contribution in [3.8, 4) is 5.75 Å². The molecule has 2 aromatic carbocycles. The Kier molecular flexibility index (Phi) is 4.14. The predicted molar refractivity (Wildman–Crippen MR) is 87.1 cm³/mol. The Hall–Kier alpha value is -2.29. The number of benzene rings is 2. The van der Waals surface area contributed by atoms with Crippen LogP contribution in [0.3, 0.4) is 0 Å². The maximum atomic E-state index is 12.4. The number of carbonyl (C=O) groups is 1. The molecule has 0 unspecified atom stereocenters. The van der Waals surface area contributed by atoms with Crippen LogP contribution in [0.1, 0.15) is 16.7 Å². The van der Waals surface area contributed by atoms with Gasteiger partial charge >= 0.3 is 0 Å². The van der Waals surface area contributed by atoms with Crippen LogP contribution >= 0.6 is 0 Å². The molecule has 22 heavy (non-hydrogen) atoms. The minimum Gasteiger partial charge on any atom is -0.488 e. The molecular formula is C19H21NO2. The van der Waals surface area contributed by atoms with E-state index in [1.165, 1.54) is 11.1 Å². The van der Waals surface area contributed by atoms with E-state index in [0.29, 0.717) is 13.0 Å². The van der Waals surface area contributed by atoms with Gasteiger partial charge in [-0.25, -0.2) is 0 Å². The first-order valence-electron chi connectivity index (χ1n) is 7.66. The summed E-state index contributed by atoms with van der Waals surface area (Å²) in [5.74, 6) is 1.08. The number of nitrogens with zero attached hydrogens (tertiary/aromatic N) is 1. The molecule has 3 nitrogen and oxygen atoms in total. The van der Waals surface area contributed by atoms with Crippen LogP contribution in [0.5, 0.6) is 5.75 Å². The molecule has 0 bridgehead atoms. The molecule has 1 amide bonds. The number of amides is 1. The van der Waals surface area contributed by atoms with Crippen LogP contribution in [0.4, 0.5) is 0 Å². The monoisotopic (exact) mass is 295 g/mol. The zero-order valence-electron chi connectivity index (χ0n) is 13.1. The van der Waals surface area contributed by atoms with Gasteiger partial charge in [0.05, 0.1) is 13.0 Å². The van der Waals surface area contributed by atoms with Crippen LogP contribution in [0.25, 0.3) is 0 Å². The molecule has 0 saturated heterocycles. The van der Waals surface area contributed by atoms with Gasteiger partial charge < -0.3 is 9.64 Å². The molecule has 3 rings (SSSR count). The molecule has 1 atom stereocenters. The molecule has 1 aliphatic rings. The maximum absolute atomic E-state index is 12.4. The SMILES string of the molecule is Cc1cccc(CC(=O)N(C)C[C@H]2Cc3ccccc3O2)c1. The molecule has 114 valence electrons. The number of hydrogen-bond acceptors (Lipinski definition) is 2. The molecule has 0 aromatic heterocycles. The second-order valence-electron chi connectivity index (χ2n) is 5.99. The molecule has 1 aliphatic heterocycles. The van der Waals surface area contributed by atoms with E-state index in [-0.39, 0.29) is 12.0 Å². The van der Waals surface area contributed by atoms with Gasteiger partial charge in [0.15, 0.2) is 0 Å². The van der Waals surface area contributed by atoms with Crippen LogP contribution in [0, 0.1) is 6.92 Å². The zero-order valence-corrected chi connectivity index (χ0v) is 13.1. The third kappa shape index (κ3) is 3.30. The Morgan fingerprint density at radius 1 is 1.23 bits per heavy atom. The molecule has 0 saturated carbocycles. The summed E-state index contributed by atoms with van der Waals surface area (Å²) < 4.78 is 5.90. The highest BCUT2D eigenvalue weighted by atomic mass is 16.5. The van der Waals surface area contributed by atoms with E-state index in [0.717, 1.165) is 17.7 Å². The highest BCUT2D eigenvalue weighted by Crippen LogP contribution is 2.28. The first-order chi connectivity index (χ1) is 10.6. The molecular weight excluding hydrogens is 274 g/mol. The van der Waals surface area contributed by atoms with Crippen molar-refractivity contribution in [3.63, 3.8) is 0 Å². The van der Waals surface area contributed by atoms with Crippen LogP contribution in [-0.4, -0.2) is 30.5 Å². The Labute approximate surface area is 131 Å². The third-order valence-corrected chi connectivity index (χ3v) is 4.05. The summed E-state index contributed by atoms with van der Waals surface area (Å²) >= 11 is 0. The van der Waals surface area contributed by atoms with E-state index < -0.39 is 0 Å². The predicted octanol–water partition coefficient (Wildman–Crippen LogP) is 3.00. The molecule has 1 heterocycles. The number of aryl methyl sites for hydroxylation is 1. The van der Waals surface area contributed by atoms with Crippen molar-refractivity contribution in [2.24, 2.45) is 0 Å². The lowest BCUT2D eigenvalue weighted by atomic mass is 10.1. The van der Waals surface area contributed by atoms with Crippen LogP contribution in [0.15, 0.2) is 48.5 Å². The molecule has 2 aromatic rings. The summed E-state index contributed by atoms with van der Waals surface area (Å²) in [5, 5.41) is 0. The van der Waals surface area contributed by atoms with E-state index in [1.807, 2.05) is 50.4 Å². The van der Waals surface area contributed by atoms with Crippen LogP contribution in [-0.2, 0) is 17.6 Å². The topological polar surface area (TPSA) is 29.5 Å². The summed E-state index contributed by atoms with van der Waals surface area (Å²) in [7, 11) is 1.85. The minimum absolute atomic E-state index is 0.0591. The van der Waals surface area contributed by atoms with Gasteiger partial charge in [0.25, 0.3) is 0 Å². The molecule has 3 heteroatoms. The fraction of sp³-hybridized carbons (Fsp3) is 0.316.